The SMILES string of the molecule is Cc1ccc(F)c(NC(=O)c2csc(CN)n2)c1. The molecule has 0 aliphatic rings. The van der Waals surface area contributed by atoms with Crippen LogP contribution in [-0.2, 0) is 6.54 Å². The van der Waals surface area contributed by atoms with Gasteiger partial charge < -0.3 is 11.1 Å². The van der Waals surface area contributed by atoms with Gasteiger partial charge in [0.2, 0.25) is 0 Å². The summed E-state index contributed by atoms with van der Waals surface area (Å²) in [6, 6.07) is 4.53. The lowest BCUT2D eigenvalue weighted by Gasteiger charge is -2.05. The summed E-state index contributed by atoms with van der Waals surface area (Å²) in [6.07, 6.45) is 0. The van der Waals surface area contributed by atoms with Crippen LogP contribution in [0.3, 0.4) is 0 Å². The molecule has 0 bridgehead atoms. The minimum atomic E-state index is -0.469. The zero-order valence-electron chi connectivity index (χ0n) is 9.74. The monoisotopic (exact) mass is 265 g/mol. The first-order valence-electron chi connectivity index (χ1n) is 5.32. The van der Waals surface area contributed by atoms with E-state index in [2.05, 4.69) is 10.3 Å². The van der Waals surface area contributed by atoms with Gasteiger partial charge in [-0.15, -0.1) is 11.3 Å². The molecule has 1 amide bonds. The highest BCUT2D eigenvalue weighted by Crippen LogP contribution is 2.17. The third kappa shape index (κ3) is 2.72. The molecule has 18 heavy (non-hydrogen) atoms. The number of rotatable bonds is 3. The van der Waals surface area contributed by atoms with E-state index in [1.165, 1.54) is 17.4 Å². The van der Waals surface area contributed by atoms with E-state index in [9.17, 15) is 9.18 Å². The van der Waals surface area contributed by atoms with Crippen LogP contribution in [0.1, 0.15) is 21.1 Å². The van der Waals surface area contributed by atoms with Crippen LogP contribution < -0.4 is 11.1 Å². The topological polar surface area (TPSA) is 68.0 Å². The van der Waals surface area contributed by atoms with Crippen molar-refractivity contribution in [3.63, 3.8) is 0 Å². The molecule has 2 aromatic rings. The van der Waals surface area contributed by atoms with E-state index in [4.69, 9.17) is 5.73 Å². The number of hydrogen-bond donors (Lipinski definition) is 2. The summed E-state index contributed by atoms with van der Waals surface area (Å²) in [7, 11) is 0. The molecule has 0 atom stereocenters. The van der Waals surface area contributed by atoms with Crippen LogP contribution >= 0.6 is 11.3 Å². The number of aromatic nitrogens is 1. The Kier molecular flexibility index (Phi) is 3.69. The molecule has 0 aliphatic carbocycles. The predicted molar refractivity (Wildman–Crippen MR) is 69.1 cm³/mol. The van der Waals surface area contributed by atoms with Crippen LogP contribution in [-0.4, -0.2) is 10.9 Å². The summed E-state index contributed by atoms with van der Waals surface area (Å²) in [6.45, 7) is 2.11. The second kappa shape index (κ2) is 5.24. The molecule has 0 fully saturated rings. The first-order valence-corrected chi connectivity index (χ1v) is 6.20. The third-order valence-corrected chi connectivity index (χ3v) is 3.20. The van der Waals surface area contributed by atoms with E-state index in [0.29, 0.717) is 5.01 Å². The number of amides is 1. The maximum Gasteiger partial charge on any atom is 0.275 e. The number of hydrogen-bond acceptors (Lipinski definition) is 4. The van der Waals surface area contributed by atoms with Crippen molar-refractivity contribution in [1.29, 1.82) is 0 Å². The number of aryl methyl sites for hydroxylation is 1. The Bertz CT molecular complexity index is 582. The number of benzene rings is 1. The molecule has 0 saturated heterocycles. The highest BCUT2D eigenvalue weighted by molar-refractivity contribution is 7.09. The lowest BCUT2D eigenvalue weighted by Crippen LogP contribution is -2.14. The van der Waals surface area contributed by atoms with Crippen molar-refractivity contribution in [3.05, 3.63) is 45.7 Å². The minimum absolute atomic E-state index is 0.155. The van der Waals surface area contributed by atoms with Crippen LogP contribution in [0.25, 0.3) is 0 Å². The highest BCUT2D eigenvalue weighted by atomic mass is 32.1. The summed E-state index contributed by atoms with van der Waals surface area (Å²) in [4.78, 5) is 15.9. The number of anilines is 1. The van der Waals surface area contributed by atoms with E-state index >= 15 is 0 Å². The summed E-state index contributed by atoms with van der Waals surface area (Å²) < 4.78 is 13.5. The molecule has 0 aliphatic heterocycles. The smallest absolute Gasteiger partial charge is 0.275 e. The Morgan fingerprint density at radius 2 is 2.33 bits per heavy atom. The molecule has 94 valence electrons. The maximum absolute atomic E-state index is 13.5. The Morgan fingerprint density at radius 3 is 3.00 bits per heavy atom. The first kappa shape index (κ1) is 12.7. The van der Waals surface area contributed by atoms with Gasteiger partial charge in [0, 0.05) is 11.9 Å². The summed E-state index contributed by atoms with van der Waals surface area (Å²) >= 11 is 1.31. The highest BCUT2D eigenvalue weighted by Gasteiger charge is 2.12. The van der Waals surface area contributed by atoms with Gasteiger partial charge in [-0.25, -0.2) is 9.37 Å². The van der Waals surface area contributed by atoms with Crippen molar-refractivity contribution < 1.29 is 9.18 Å². The van der Waals surface area contributed by atoms with Gasteiger partial charge in [0.05, 0.1) is 5.69 Å². The standard InChI is InChI=1S/C12H12FN3OS/c1-7-2-3-8(13)9(4-7)16-12(17)10-6-18-11(5-14)15-10/h2-4,6H,5,14H2,1H3,(H,16,17). The molecule has 0 unspecified atom stereocenters. The van der Waals surface area contributed by atoms with Gasteiger partial charge >= 0.3 is 0 Å². The Hall–Kier alpha value is -1.79. The average Bonchev–Trinajstić information content (AvgIpc) is 2.82. The van der Waals surface area contributed by atoms with Gasteiger partial charge in [0.15, 0.2) is 0 Å². The van der Waals surface area contributed by atoms with Crippen molar-refractivity contribution in [2.75, 3.05) is 5.32 Å². The lowest BCUT2D eigenvalue weighted by molar-refractivity contribution is 0.102. The first-order chi connectivity index (χ1) is 8.60. The second-order valence-electron chi connectivity index (χ2n) is 3.77. The van der Waals surface area contributed by atoms with Crippen molar-refractivity contribution in [1.82, 2.24) is 4.98 Å². The zero-order chi connectivity index (χ0) is 13.1. The van der Waals surface area contributed by atoms with Crippen LogP contribution in [0, 0.1) is 12.7 Å². The van der Waals surface area contributed by atoms with Crippen LogP contribution in [0.4, 0.5) is 10.1 Å². The largest absolute Gasteiger partial charge is 0.325 e. The summed E-state index contributed by atoms with van der Waals surface area (Å²) in [5, 5.41) is 4.77. The van der Waals surface area contributed by atoms with E-state index in [0.717, 1.165) is 5.56 Å². The number of nitrogens with one attached hydrogen (secondary N) is 1. The molecule has 2 rings (SSSR count). The minimum Gasteiger partial charge on any atom is -0.325 e. The van der Waals surface area contributed by atoms with Gasteiger partial charge in [0.25, 0.3) is 5.91 Å². The number of carbonyl (C=O) groups excluding carboxylic acids is 1. The quantitative estimate of drug-likeness (QED) is 0.894. The van der Waals surface area contributed by atoms with Crippen molar-refractivity contribution >= 4 is 22.9 Å². The van der Waals surface area contributed by atoms with Crippen molar-refractivity contribution in [2.45, 2.75) is 13.5 Å². The van der Waals surface area contributed by atoms with Crippen LogP contribution in [0.5, 0.6) is 0 Å². The number of carbonyl (C=O) groups is 1. The Labute approximate surface area is 108 Å². The Morgan fingerprint density at radius 1 is 1.56 bits per heavy atom. The van der Waals surface area contributed by atoms with E-state index in [1.54, 1.807) is 17.5 Å². The number of thiazole rings is 1. The van der Waals surface area contributed by atoms with Gasteiger partial charge in [-0.05, 0) is 24.6 Å². The van der Waals surface area contributed by atoms with Crippen LogP contribution in [0.2, 0.25) is 0 Å². The maximum atomic E-state index is 13.5. The molecule has 0 spiro atoms. The molecule has 1 aromatic carbocycles. The van der Waals surface area contributed by atoms with E-state index in [-0.39, 0.29) is 17.9 Å². The fraction of sp³-hybridized carbons (Fsp3) is 0.167. The number of nitrogens with two attached hydrogens (primary N) is 1. The van der Waals surface area contributed by atoms with Crippen molar-refractivity contribution in [2.24, 2.45) is 5.73 Å². The fourth-order valence-electron chi connectivity index (χ4n) is 1.43. The van der Waals surface area contributed by atoms with Gasteiger partial charge in [-0.3, -0.25) is 4.79 Å². The molecule has 0 radical (unpaired) electrons. The molecule has 6 heteroatoms. The molecular formula is C12H12FN3OS. The van der Waals surface area contributed by atoms with E-state index < -0.39 is 11.7 Å². The molecular weight excluding hydrogens is 253 g/mol. The molecule has 1 heterocycles. The molecule has 3 N–H and O–H groups in total. The zero-order valence-corrected chi connectivity index (χ0v) is 10.6. The molecule has 4 nitrogen and oxygen atoms in total. The number of nitrogens with zero attached hydrogens (tertiary/aromatic N) is 1. The van der Waals surface area contributed by atoms with Crippen LogP contribution in [0.15, 0.2) is 23.6 Å². The molecule has 0 saturated carbocycles. The fourth-order valence-corrected chi connectivity index (χ4v) is 2.08. The number of halogens is 1. The average molecular weight is 265 g/mol. The lowest BCUT2D eigenvalue weighted by atomic mass is 10.2. The second-order valence-corrected chi connectivity index (χ2v) is 4.71. The van der Waals surface area contributed by atoms with E-state index in [1.807, 2.05) is 6.92 Å². The third-order valence-electron chi connectivity index (χ3n) is 2.33. The predicted octanol–water partition coefficient (Wildman–Crippen LogP) is 2.30. The van der Waals surface area contributed by atoms with Crippen molar-refractivity contribution in [3.8, 4) is 0 Å². The van der Waals surface area contributed by atoms with Gasteiger partial charge in [0.1, 0.15) is 16.5 Å². The summed E-state index contributed by atoms with van der Waals surface area (Å²) in [5.41, 5.74) is 6.69. The Balaban J connectivity index is 2.18. The summed E-state index contributed by atoms with van der Waals surface area (Å²) in [5.74, 6) is -0.904. The van der Waals surface area contributed by atoms with Gasteiger partial charge in [-0.2, -0.15) is 0 Å². The molecule has 1 aromatic heterocycles. The van der Waals surface area contributed by atoms with Gasteiger partial charge in [-0.1, -0.05) is 6.07 Å². The normalized spacial score (nSPS) is 10.4.